The largest absolute Gasteiger partial charge is 0.396 e. The average Bonchev–Trinajstić information content (AvgIpc) is 2.40. The molecule has 0 heterocycles. The van der Waals surface area contributed by atoms with Crippen molar-refractivity contribution >= 4 is 12.4 Å². The summed E-state index contributed by atoms with van der Waals surface area (Å²) in [5, 5.41) is 9.03. The molecule has 0 unspecified atom stereocenters. The quantitative estimate of drug-likeness (QED) is 0.659. The minimum Gasteiger partial charge on any atom is -0.396 e. The first-order valence-corrected chi connectivity index (χ1v) is 4.05. The third-order valence-corrected chi connectivity index (χ3v) is 3.45. The Morgan fingerprint density at radius 1 is 1.18 bits per heavy atom. The van der Waals surface area contributed by atoms with Crippen LogP contribution < -0.4 is 5.73 Å². The number of hydrogen-bond donors (Lipinski definition) is 2. The molecule has 0 radical (unpaired) electrons. The molecule has 66 valence electrons. The second kappa shape index (κ2) is 2.61. The van der Waals surface area contributed by atoms with Gasteiger partial charge in [0.1, 0.15) is 0 Å². The van der Waals surface area contributed by atoms with Crippen molar-refractivity contribution in [2.45, 2.75) is 25.7 Å². The standard InChI is InChI=1S/C8H15NO.ClH/c9-5-7-1-2-8(3-7,4-7)6-10;/h10H,1-6,9H2;1H. The molecule has 0 spiro atoms. The second-order valence-electron chi connectivity index (χ2n) is 4.22. The van der Waals surface area contributed by atoms with E-state index in [1.807, 2.05) is 0 Å². The molecule has 11 heavy (non-hydrogen) atoms. The zero-order chi connectivity index (χ0) is 7.24. The van der Waals surface area contributed by atoms with Crippen LogP contribution in [-0.4, -0.2) is 18.3 Å². The van der Waals surface area contributed by atoms with Gasteiger partial charge < -0.3 is 10.8 Å². The Labute approximate surface area is 73.6 Å². The molecule has 2 nitrogen and oxygen atoms in total. The third-order valence-electron chi connectivity index (χ3n) is 3.45. The fourth-order valence-electron chi connectivity index (χ4n) is 2.86. The van der Waals surface area contributed by atoms with Crippen molar-refractivity contribution in [1.82, 2.24) is 0 Å². The van der Waals surface area contributed by atoms with Crippen LogP contribution in [0.15, 0.2) is 0 Å². The highest BCUT2D eigenvalue weighted by molar-refractivity contribution is 5.85. The molecular weight excluding hydrogens is 162 g/mol. The van der Waals surface area contributed by atoms with E-state index in [0.717, 1.165) is 6.54 Å². The number of halogens is 1. The second-order valence-corrected chi connectivity index (χ2v) is 4.22. The molecular formula is C8H16ClNO. The molecule has 3 heteroatoms. The van der Waals surface area contributed by atoms with E-state index in [4.69, 9.17) is 10.8 Å². The topological polar surface area (TPSA) is 46.2 Å². The number of aliphatic hydroxyl groups excluding tert-OH is 1. The van der Waals surface area contributed by atoms with Crippen LogP contribution in [0.25, 0.3) is 0 Å². The number of fused-ring (bicyclic) bond motifs is 1. The summed E-state index contributed by atoms with van der Waals surface area (Å²) in [5.41, 5.74) is 6.42. The predicted molar refractivity (Wildman–Crippen MR) is 46.7 cm³/mol. The Hall–Kier alpha value is 0.210. The van der Waals surface area contributed by atoms with Crippen LogP contribution >= 0.6 is 12.4 Å². The average molecular weight is 178 g/mol. The van der Waals surface area contributed by atoms with Crippen molar-refractivity contribution in [1.29, 1.82) is 0 Å². The molecule has 0 aromatic heterocycles. The summed E-state index contributed by atoms with van der Waals surface area (Å²) >= 11 is 0. The highest BCUT2D eigenvalue weighted by Crippen LogP contribution is 2.66. The van der Waals surface area contributed by atoms with Gasteiger partial charge in [0, 0.05) is 6.61 Å². The monoisotopic (exact) mass is 177 g/mol. The molecule has 0 amide bonds. The minimum atomic E-state index is 0. The lowest BCUT2D eigenvalue weighted by molar-refractivity contribution is 0.000701. The Morgan fingerprint density at radius 2 is 1.73 bits per heavy atom. The van der Waals surface area contributed by atoms with E-state index in [2.05, 4.69) is 0 Å². The predicted octanol–water partition coefficient (Wildman–Crippen LogP) is 0.920. The summed E-state index contributed by atoms with van der Waals surface area (Å²) < 4.78 is 0. The number of rotatable bonds is 2. The first kappa shape index (κ1) is 9.30. The van der Waals surface area contributed by atoms with Crippen molar-refractivity contribution < 1.29 is 5.11 Å². The fraction of sp³-hybridized carbons (Fsp3) is 1.00. The zero-order valence-electron chi connectivity index (χ0n) is 6.68. The van der Waals surface area contributed by atoms with Crippen LogP contribution in [0.5, 0.6) is 0 Å². The summed E-state index contributed by atoms with van der Waals surface area (Å²) in [4.78, 5) is 0. The SMILES string of the molecule is Cl.NCC12CCC(CO)(C1)C2. The maximum atomic E-state index is 9.03. The molecule has 3 fully saturated rings. The van der Waals surface area contributed by atoms with Gasteiger partial charge in [-0.05, 0) is 43.1 Å². The van der Waals surface area contributed by atoms with E-state index < -0.39 is 0 Å². The lowest BCUT2D eigenvalue weighted by Crippen LogP contribution is -2.44. The van der Waals surface area contributed by atoms with Gasteiger partial charge in [-0.1, -0.05) is 0 Å². The Bertz CT molecular complexity index is 138. The van der Waals surface area contributed by atoms with Crippen molar-refractivity contribution in [3.05, 3.63) is 0 Å². The van der Waals surface area contributed by atoms with Gasteiger partial charge in [0.25, 0.3) is 0 Å². The summed E-state index contributed by atoms with van der Waals surface area (Å²) in [7, 11) is 0. The first-order chi connectivity index (χ1) is 4.74. The van der Waals surface area contributed by atoms with E-state index in [1.54, 1.807) is 0 Å². The van der Waals surface area contributed by atoms with Crippen LogP contribution in [0.4, 0.5) is 0 Å². The van der Waals surface area contributed by atoms with E-state index in [-0.39, 0.29) is 12.4 Å². The summed E-state index contributed by atoms with van der Waals surface area (Å²) in [5.74, 6) is 0. The van der Waals surface area contributed by atoms with Gasteiger partial charge in [-0.15, -0.1) is 12.4 Å². The Kier molecular flexibility index (Phi) is 2.21. The van der Waals surface area contributed by atoms with Gasteiger partial charge in [0.05, 0.1) is 0 Å². The van der Waals surface area contributed by atoms with Gasteiger partial charge in [-0.3, -0.25) is 0 Å². The van der Waals surface area contributed by atoms with Crippen molar-refractivity contribution in [3.63, 3.8) is 0 Å². The van der Waals surface area contributed by atoms with Crippen molar-refractivity contribution in [2.24, 2.45) is 16.6 Å². The highest BCUT2D eigenvalue weighted by atomic mass is 35.5. The Morgan fingerprint density at radius 3 is 2.00 bits per heavy atom. The van der Waals surface area contributed by atoms with E-state index in [1.165, 1.54) is 25.7 Å². The maximum absolute atomic E-state index is 9.03. The molecule has 3 aliphatic rings. The molecule has 3 rings (SSSR count). The third kappa shape index (κ3) is 1.08. The fourth-order valence-corrected chi connectivity index (χ4v) is 2.86. The maximum Gasteiger partial charge on any atom is 0.0487 e. The number of aliphatic hydroxyl groups is 1. The normalized spacial score (nSPS) is 46.4. The van der Waals surface area contributed by atoms with Crippen LogP contribution in [0.1, 0.15) is 25.7 Å². The smallest absolute Gasteiger partial charge is 0.0487 e. The molecule has 0 aromatic rings. The Balaban J connectivity index is 0.000000605. The molecule has 0 saturated heterocycles. The van der Waals surface area contributed by atoms with E-state index >= 15 is 0 Å². The van der Waals surface area contributed by atoms with Crippen LogP contribution in [0.2, 0.25) is 0 Å². The first-order valence-electron chi connectivity index (χ1n) is 4.05. The van der Waals surface area contributed by atoms with Crippen LogP contribution in [-0.2, 0) is 0 Å². The van der Waals surface area contributed by atoms with E-state index in [0.29, 0.717) is 17.4 Å². The van der Waals surface area contributed by atoms with Gasteiger partial charge >= 0.3 is 0 Å². The number of nitrogens with two attached hydrogens (primary N) is 1. The van der Waals surface area contributed by atoms with Crippen LogP contribution in [0.3, 0.4) is 0 Å². The summed E-state index contributed by atoms with van der Waals surface area (Å²) in [6, 6.07) is 0. The van der Waals surface area contributed by atoms with Crippen molar-refractivity contribution in [3.8, 4) is 0 Å². The molecule has 3 saturated carbocycles. The number of hydrogen-bond acceptors (Lipinski definition) is 2. The molecule has 0 aliphatic heterocycles. The van der Waals surface area contributed by atoms with E-state index in [9.17, 15) is 0 Å². The zero-order valence-corrected chi connectivity index (χ0v) is 7.49. The molecule has 3 N–H and O–H groups in total. The minimum absolute atomic E-state index is 0. The summed E-state index contributed by atoms with van der Waals surface area (Å²) in [6.07, 6.45) is 4.84. The van der Waals surface area contributed by atoms with Gasteiger partial charge in [0.15, 0.2) is 0 Å². The lowest BCUT2D eigenvalue weighted by atomic mass is 9.61. The molecule has 2 bridgehead atoms. The highest BCUT2D eigenvalue weighted by Gasteiger charge is 2.59. The van der Waals surface area contributed by atoms with Gasteiger partial charge in [-0.25, -0.2) is 0 Å². The van der Waals surface area contributed by atoms with Crippen LogP contribution in [0, 0.1) is 10.8 Å². The van der Waals surface area contributed by atoms with Gasteiger partial charge in [0.2, 0.25) is 0 Å². The van der Waals surface area contributed by atoms with Crippen molar-refractivity contribution in [2.75, 3.05) is 13.2 Å². The molecule has 3 aliphatic carbocycles. The lowest BCUT2D eigenvalue weighted by Gasteiger charge is -2.46. The van der Waals surface area contributed by atoms with Gasteiger partial charge in [-0.2, -0.15) is 0 Å². The summed E-state index contributed by atoms with van der Waals surface area (Å²) in [6.45, 7) is 1.21. The molecule has 0 atom stereocenters. The molecule has 0 aromatic carbocycles.